The Labute approximate surface area is 207 Å². The fraction of sp³-hybridized carbons (Fsp3) is 0.667. The van der Waals surface area contributed by atoms with E-state index in [1.54, 1.807) is 62.3 Å². The maximum atomic E-state index is 9.91. The number of hydrogen-bond acceptors (Lipinski definition) is 6. The number of carboxylic acid groups (broad SMARTS) is 3. The molecule has 0 radical (unpaired) electrons. The van der Waals surface area contributed by atoms with Gasteiger partial charge in [-0.25, -0.2) is 12.1 Å². The van der Waals surface area contributed by atoms with Crippen LogP contribution in [0.25, 0.3) is 0 Å². The van der Waals surface area contributed by atoms with E-state index in [1.165, 1.54) is 24.8 Å². The summed E-state index contributed by atoms with van der Waals surface area (Å²) in [5.74, 6) is -3.02. The van der Waals surface area contributed by atoms with E-state index in [0.29, 0.717) is 0 Å². The molecule has 1 aromatic carbocycles. The summed E-state index contributed by atoms with van der Waals surface area (Å²) in [6, 6.07) is 8.58. The van der Waals surface area contributed by atoms with Crippen molar-refractivity contribution in [2.45, 2.75) is 88.5 Å². The van der Waals surface area contributed by atoms with Crippen LogP contribution in [-0.4, -0.2) is 17.9 Å². The number of aliphatic carboxylic acids is 3. The average molecular weight is 603 g/mol. The zero-order valence-corrected chi connectivity index (χ0v) is 24.5. The molecule has 0 heterocycles. The van der Waals surface area contributed by atoms with Crippen molar-refractivity contribution in [2.75, 3.05) is 0 Å². The molecule has 0 bridgehead atoms. The molecule has 6 nitrogen and oxygen atoms in total. The predicted molar refractivity (Wildman–Crippen MR) is 114 cm³/mol. The van der Waals surface area contributed by atoms with Crippen molar-refractivity contribution in [2.24, 2.45) is 16.2 Å². The third kappa shape index (κ3) is 26.6. The molecule has 0 aliphatic rings. The second-order valence-electron chi connectivity index (χ2n) is 10.0. The minimum atomic E-state index is -1.01. The third-order valence-electron chi connectivity index (χ3n) is 3.39. The number of carbonyl (C=O) groups excluding carboxylic acids is 3. The maximum Gasteiger partial charge on any atom is 4.00 e. The Hall–Kier alpha value is -1.37. The molecule has 0 saturated heterocycles. The van der Waals surface area contributed by atoms with Gasteiger partial charge in [-0.2, -0.15) is 17.7 Å². The van der Waals surface area contributed by atoms with Crippen molar-refractivity contribution < 1.29 is 55.5 Å². The average Bonchev–Trinajstić information content (AvgIpc) is 3.05. The molecule has 31 heavy (non-hydrogen) atoms. The molecule has 1 aromatic rings. The molecule has 7 heteroatoms. The molecule has 0 saturated carbocycles. The van der Waals surface area contributed by atoms with Gasteiger partial charge in [0.15, 0.2) is 0 Å². The summed E-state index contributed by atoms with van der Waals surface area (Å²) < 4.78 is 0. The summed E-state index contributed by atoms with van der Waals surface area (Å²) >= 11 is 0. The fourth-order valence-electron chi connectivity index (χ4n) is 0.961. The van der Waals surface area contributed by atoms with E-state index in [0.717, 1.165) is 0 Å². The van der Waals surface area contributed by atoms with Crippen LogP contribution < -0.4 is 15.3 Å². The molecule has 0 fully saturated rings. The van der Waals surface area contributed by atoms with Crippen molar-refractivity contribution in [3.8, 4) is 0 Å². The number of aryl methyl sites for hydroxylation is 1. The van der Waals surface area contributed by atoms with Crippen LogP contribution in [0.15, 0.2) is 24.3 Å². The van der Waals surface area contributed by atoms with Crippen molar-refractivity contribution in [3.05, 3.63) is 29.8 Å². The van der Waals surface area contributed by atoms with Crippen molar-refractivity contribution >= 4 is 17.9 Å². The van der Waals surface area contributed by atoms with Crippen molar-refractivity contribution in [1.29, 1.82) is 0 Å². The molecule has 0 atom stereocenters. The molecule has 1 rings (SSSR count). The molecule has 0 amide bonds. The number of unbranched alkanes of at least 4 members (excludes halogenated alkanes) is 1. The monoisotopic (exact) mass is 604 g/mol. The van der Waals surface area contributed by atoms with Gasteiger partial charge in [0.1, 0.15) is 0 Å². The summed E-state index contributed by atoms with van der Waals surface area (Å²) in [7, 11) is 0. The number of carbonyl (C=O) groups is 3. The topological polar surface area (TPSA) is 120 Å². The van der Waals surface area contributed by atoms with Gasteiger partial charge in [0, 0.05) is 34.2 Å². The van der Waals surface area contributed by atoms with Crippen molar-refractivity contribution in [1.82, 2.24) is 0 Å². The van der Waals surface area contributed by atoms with Gasteiger partial charge in [-0.05, 0) is 0 Å². The van der Waals surface area contributed by atoms with Crippen LogP contribution >= 0.6 is 0 Å². The number of carboxylic acids is 3. The van der Waals surface area contributed by atoms with E-state index < -0.39 is 34.2 Å². The van der Waals surface area contributed by atoms with Gasteiger partial charge >= 0.3 is 25.8 Å². The van der Waals surface area contributed by atoms with Crippen LogP contribution in [0.2, 0.25) is 0 Å². The molecular weight excluding hydrogens is 563 g/mol. The fourth-order valence-corrected chi connectivity index (χ4v) is 0.961. The first-order chi connectivity index (χ1) is 13.3. The maximum absolute atomic E-state index is 9.91. The van der Waals surface area contributed by atoms with E-state index in [-0.39, 0.29) is 25.8 Å². The largest absolute Gasteiger partial charge is 4.00 e. The first-order valence-corrected chi connectivity index (χ1v) is 10.1. The van der Waals surface area contributed by atoms with Gasteiger partial charge < -0.3 is 29.7 Å². The van der Waals surface area contributed by atoms with Gasteiger partial charge in [-0.3, -0.25) is 0 Å². The molecule has 176 valence electrons. The van der Waals surface area contributed by atoms with Gasteiger partial charge in [0.25, 0.3) is 0 Å². The summed E-state index contributed by atoms with van der Waals surface area (Å²) in [4.78, 5) is 29.7. The Morgan fingerprint density at radius 3 is 1.06 bits per heavy atom. The molecule has 0 spiro atoms. The minimum absolute atomic E-state index is 0. The SMILES string of the molecule is CC(C)(C)C(=O)[O-].CC(C)(C)C(=O)[O-].CC(C)(C)C(=O)[O-].CCCC[c-]1cccc1.[Hf+4]. The smallest absolute Gasteiger partial charge is 0.550 e. The minimum Gasteiger partial charge on any atom is -0.550 e. The van der Waals surface area contributed by atoms with Gasteiger partial charge in [0.05, 0.1) is 0 Å². The first-order valence-electron chi connectivity index (χ1n) is 10.1. The first kappa shape index (κ1) is 37.0. The van der Waals surface area contributed by atoms with Crippen LogP contribution in [0.3, 0.4) is 0 Å². The van der Waals surface area contributed by atoms with Gasteiger partial charge in [-0.15, -0.1) is 0 Å². The Kier molecular flexibility index (Phi) is 20.5. The molecule has 0 aliphatic carbocycles. The molecule has 0 N–H and O–H groups in total. The van der Waals surface area contributed by atoms with E-state index in [1.807, 2.05) is 0 Å². The normalized spacial score (nSPS) is 10.5. The quantitative estimate of drug-likeness (QED) is 0.386. The molecule has 0 aromatic heterocycles. The number of rotatable bonds is 3. The molecule has 0 aliphatic heterocycles. The third-order valence-corrected chi connectivity index (χ3v) is 3.39. The number of hydrogen-bond donors (Lipinski definition) is 0. The second-order valence-corrected chi connectivity index (χ2v) is 10.0. The summed E-state index contributed by atoms with van der Waals surface area (Å²) in [5.41, 5.74) is -0.600. The van der Waals surface area contributed by atoms with E-state index in [2.05, 4.69) is 31.2 Å². The summed E-state index contributed by atoms with van der Waals surface area (Å²) in [6.07, 6.45) is 3.87. The van der Waals surface area contributed by atoms with Crippen LogP contribution in [0, 0.1) is 16.2 Å². The van der Waals surface area contributed by atoms with E-state index in [4.69, 9.17) is 0 Å². The second kappa shape index (κ2) is 17.2. The summed E-state index contributed by atoms with van der Waals surface area (Å²) in [5, 5.41) is 29.7. The Morgan fingerprint density at radius 1 is 0.677 bits per heavy atom. The zero-order chi connectivity index (χ0) is 24.8. The molecular formula is C24H40HfO6. The van der Waals surface area contributed by atoms with E-state index in [9.17, 15) is 29.7 Å². The Bertz CT molecular complexity index is 542. The van der Waals surface area contributed by atoms with Crippen molar-refractivity contribution in [3.63, 3.8) is 0 Å². The van der Waals surface area contributed by atoms with E-state index >= 15 is 0 Å². The van der Waals surface area contributed by atoms with Crippen LogP contribution in [0.4, 0.5) is 0 Å². The predicted octanol–water partition coefficient (Wildman–Crippen LogP) is 2.09. The van der Waals surface area contributed by atoms with Gasteiger partial charge in [-0.1, -0.05) is 88.5 Å². The Balaban J connectivity index is -0.000000156. The van der Waals surface area contributed by atoms with Crippen LogP contribution in [0.5, 0.6) is 0 Å². The van der Waals surface area contributed by atoms with Crippen LogP contribution in [0.1, 0.15) is 87.6 Å². The van der Waals surface area contributed by atoms with Crippen LogP contribution in [-0.2, 0) is 46.6 Å². The molecule has 0 unspecified atom stereocenters. The van der Waals surface area contributed by atoms with Gasteiger partial charge in [0.2, 0.25) is 0 Å². The Morgan fingerprint density at radius 2 is 0.903 bits per heavy atom. The summed E-state index contributed by atoms with van der Waals surface area (Å²) in [6.45, 7) is 16.6. The standard InChI is InChI=1S/C9H13.3C5H10O2.Hf/c1-2-3-6-9-7-4-5-8-9;3*1-5(2,3)4(6)7;/h4-5,7-8H,2-3,6H2,1H3;3*1-3H3,(H,6,7);/q-1;;;;+4/p-3. The zero-order valence-electron chi connectivity index (χ0n) is 20.9.